The Bertz CT molecular complexity index is 993. The molecule has 0 unspecified atom stereocenters. The lowest BCUT2D eigenvalue weighted by Crippen LogP contribution is -2.42. The van der Waals surface area contributed by atoms with Crippen LogP contribution in [0.2, 0.25) is 0 Å². The number of hydrogen-bond acceptors (Lipinski definition) is 5. The summed E-state index contributed by atoms with van der Waals surface area (Å²) in [5, 5.41) is 14.0. The molecule has 0 radical (unpaired) electrons. The number of rotatable bonds is 7. The Morgan fingerprint density at radius 2 is 1.94 bits per heavy atom. The van der Waals surface area contributed by atoms with Crippen molar-refractivity contribution in [2.24, 2.45) is 0 Å². The fourth-order valence-corrected chi connectivity index (χ4v) is 3.50. The molecule has 33 heavy (non-hydrogen) atoms. The van der Waals surface area contributed by atoms with Crippen LogP contribution in [0.4, 0.5) is 5.69 Å². The number of nitrogens with one attached hydrogen (secondary N) is 4. The van der Waals surface area contributed by atoms with Gasteiger partial charge >= 0.3 is 0 Å². The number of imidazole rings is 1. The normalized spacial score (nSPS) is 14.2. The van der Waals surface area contributed by atoms with Crippen molar-refractivity contribution in [1.29, 1.82) is 0 Å². The van der Waals surface area contributed by atoms with Crippen LogP contribution in [0.25, 0.3) is 22.6 Å². The number of aromatic amines is 2. The fraction of sp³-hybridized carbons (Fsp3) is 0.462. The molecule has 4 rings (SSSR count). The average molecular weight is 452 g/mol. The summed E-state index contributed by atoms with van der Waals surface area (Å²) < 4.78 is 0. The highest BCUT2D eigenvalue weighted by Gasteiger charge is 2.14. The molecule has 1 saturated heterocycles. The summed E-state index contributed by atoms with van der Waals surface area (Å²) in [4.78, 5) is 10.7. The molecule has 7 heteroatoms. The van der Waals surface area contributed by atoms with Crippen molar-refractivity contribution in [2.45, 2.75) is 47.6 Å². The minimum absolute atomic E-state index is 0.730. The van der Waals surface area contributed by atoms with E-state index in [0.29, 0.717) is 0 Å². The second-order valence-corrected chi connectivity index (χ2v) is 7.93. The molecule has 0 saturated carbocycles. The van der Waals surface area contributed by atoms with Gasteiger partial charge in [0.25, 0.3) is 0 Å². The summed E-state index contributed by atoms with van der Waals surface area (Å²) >= 11 is 0. The zero-order valence-corrected chi connectivity index (χ0v) is 21.0. The van der Waals surface area contributed by atoms with Crippen molar-refractivity contribution in [1.82, 2.24) is 30.4 Å². The molecule has 1 aliphatic rings. The van der Waals surface area contributed by atoms with Crippen molar-refractivity contribution < 1.29 is 0 Å². The van der Waals surface area contributed by atoms with Crippen molar-refractivity contribution >= 4 is 16.7 Å². The average Bonchev–Trinajstić information content (AvgIpc) is 3.47. The van der Waals surface area contributed by atoms with Gasteiger partial charge in [0.05, 0.1) is 22.9 Å². The molecule has 0 bridgehead atoms. The van der Waals surface area contributed by atoms with Crippen molar-refractivity contribution in [3.05, 3.63) is 54.3 Å². The van der Waals surface area contributed by atoms with Crippen LogP contribution < -0.4 is 10.6 Å². The maximum atomic E-state index is 4.75. The molecule has 0 amide bonds. The first-order valence-electron chi connectivity index (χ1n) is 12.1. The van der Waals surface area contributed by atoms with Gasteiger partial charge in [0.15, 0.2) is 5.82 Å². The number of H-pyrrole nitrogens is 2. The second-order valence-electron chi connectivity index (χ2n) is 7.93. The Balaban J connectivity index is 0.000000714. The van der Waals surface area contributed by atoms with Crippen LogP contribution in [0.3, 0.4) is 0 Å². The number of piperazine rings is 1. The molecule has 180 valence electrons. The topological polar surface area (TPSA) is 84.7 Å². The van der Waals surface area contributed by atoms with E-state index in [1.54, 1.807) is 12.3 Å². The van der Waals surface area contributed by atoms with E-state index >= 15 is 0 Å². The van der Waals surface area contributed by atoms with Crippen LogP contribution in [0.15, 0.2) is 48.7 Å². The molecular weight excluding hydrogens is 410 g/mol. The van der Waals surface area contributed by atoms with E-state index in [-0.39, 0.29) is 0 Å². The molecule has 0 atom stereocenters. The van der Waals surface area contributed by atoms with E-state index in [1.807, 2.05) is 19.9 Å². The minimum Gasteiger partial charge on any atom is -0.378 e. The zero-order chi connectivity index (χ0) is 24.1. The quantitative estimate of drug-likeness (QED) is 0.364. The van der Waals surface area contributed by atoms with Crippen LogP contribution in [0.1, 0.15) is 46.6 Å². The number of benzene rings is 1. The fourth-order valence-electron chi connectivity index (χ4n) is 3.50. The van der Waals surface area contributed by atoms with E-state index in [4.69, 9.17) is 4.98 Å². The molecule has 1 fully saturated rings. The minimum atomic E-state index is 0.730. The predicted molar refractivity (Wildman–Crippen MR) is 142 cm³/mol. The molecular formula is C26H41N7. The van der Waals surface area contributed by atoms with Crippen molar-refractivity contribution in [2.75, 3.05) is 38.0 Å². The molecule has 7 nitrogen and oxygen atoms in total. The van der Waals surface area contributed by atoms with E-state index < -0.39 is 0 Å². The third kappa shape index (κ3) is 7.87. The van der Waals surface area contributed by atoms with Gasteiger partial charge in [-0.3, -0.25) is 10.00 Å². The number of aromatic nitrogens is 4. The smallest absolute Gasteiger partial charge is 0.158 e. The lowest BCUT2D eigenvalue weighted by atomic mass is 10.2. The highest BCUT2D eigenvalue weighted by atomic mass is 15.2. The van der Waals surface area contributed by atoms with Crippen LogP contribution >= 0.6 is 0 Å². The van der Waals surface area contributed by atoms with Gasteiger partial charge in [-0.2, -0.15) is 5.10 Å². The van der Waals surface area contributed by atoms with Crippen LogP contribution in [-0.2, 0) is 6.54 Å². The van der Waals surface area contributed by atoms with E-state index in [2.05, 4.69) is 76.3 Å². The van der Waals surface area contributed by atoms with E-state index in [1.165, 1.54) is 17.6 Å². The Kier molecular flexibility index (Phi) is 11.4. The van der Waals surface area contributed by atoms with Gasteiger partial charge < -0.3 is 15.6 Å². The summed E-state index contributed by atoms with van der Waals surface area (Å²) in [5.41, 5.74) is 6.30. The molecule has 2 aromatic heterocycles. The maximum absolute atomic E-state index is 4.75. The number of allylic oxidation sites excluding steroid dienone is 2. The lowest BCUT2D eigenvalue weighted by molar-refractivity contribution is 0.233. The number of hydrogen-bond donors (Lipinski definition) is 4. The van der Waals surface area contributed by atoms with Gasteiger partial charge in [-0.25, -0.2) is 4.98 Å². The van der Waals surface area contributed by atoms with Crippen LogP contribution in [0, 0.1) is 0 Å². The van der Waals surface area contributed by atoms with E-state index in [9.17, 15) is 0 Å². The Labute approximate surface area is 198 Å². The predicted octanol–water partition coefficient (Wildman–Crippen LogP) is 5.34. The van der Waals surface area contributed by atoms with Crippen molar-refractivity contribution in [3.63, 3.8) is 0 Å². The molecule has 1 aromatic carbocycles. The molecule has 4 N–H and O–H groups in total. The molecule has 1 aliphatic heterocycles. The summed E-state index contributed by atoms with van der Waals surface area (Å²) in [7, 11) is 0. The monoisotopic (exact) mass is 451 g/mol. The molecule has 3 aromatic rings. The number of fused-ring (bicyclic) bond motifs is 1. The van der Waals surface area contributed by atoms with Crippen LogP contribution in [0.5, 0.6) is 0 Å². The number of anilines is 1. The first kappa shape index (κ1) is 26.4. The molecule has 3 heterocycles. The van der Waals surface area contributed by atoms with Gasteiger partial charge in [0, 0.05) is 39.3 Å². The van der Waals surface area contributed by atoms with Gasteiger partial charge in [-0.05, 0) is 24.6 Å². The maximum Gasteiger partial charge on any atom is 0.158 e. The first-order valence-corrected chi connectivity index (χ1v) is 12.1. The van der Waals surface area contributed by atoms with Gasteiger partial charge in [0.2, 0.25) is 0 Å². The standard InChI is InChI=1S/C21H27N7.C3H8.C2H6/c1-3-4-15(2)12-23-19-13-24-27-20(19)21-25-17-6-5-16(11-18(17)26-21)14-28-9-7-22-8-10-28;1-3-2;1-2/h3-6,11,13,22-23H,1,7-10,12,14H2,2H3,(H,24,27)(H,25,26);3H2,1-2H3;1-2H3/b15-4+;;. The Morgan fingerprint density at radius 3 is 2.64 bits per heavy atom. The van der Waals surface area contributed by atoms with Gasteiger partial charge in [-0.1, -0.05) is 64.5 Å². The van der Waals surface area contributed by atoms with Gasteiger partial charge in [0.1, 0.15) is 5.69 Å². The SMILES string of the molecule is C=C/C=C(\C)CNc1cn[nH]c1-c1nc2ccc(CN3CCNCC3)cc2[nH]1.CC.CCC. The second kappa shape index (κ2) is 14.3. The van der Waals surface area contributed by atoms with Crippen LogP contribution in [-0.4, -0.2) is 57.8 Å². The van der Waals surface area contributed by atoms with Crippen molar-refractivity contribution in [3.8, 4) is 11.5 Å². The highest BCUT2D eigenvalue weighted by Crippen LogP contribution is 2.26. The number of nitrogens with zero attached hydrogens (tertiary/aromatic N) is 3. The molecule has 0 spiro atoms. The Morgan fingerprint density at radius 1 is 1.21 bits per heavy atom. The van der Waals surface area contributed by atoms with Gasteiger partial charge in [-0.15, -0.1) is 0 Å². The first-order chi connectivity index (χ1) is 16.1. The summed E-state index contributed by atoms with van der Waals surface area (Å²) in [6.45, 7) is 20.1. The highest BCUT2D eigenvalue weighted by molar-refractivity contribution is 5.82. The third-order valence-corrected chi connectivity index (χ3v) is 5.00. The largest absolute Gasteiger partial charge is 0.378 e. The van der Waals surface area contributed by atoms with E-state index in [0.717, 1.165) is 67.5 Å². The summed E-state index contributed by atoms with van der Waals surface area (Å²) in [5.74, 6) is 0.791. The third-order valence-electron chi connectivity index (χ3n) is 5.00. The Hall–Kier alpha value is -2.90. The summed E-state index contributed by atoms with van der Waals surface area (Å²) in [6.07, 6.45) is 6.83. The summed E-state index contributed by atoms with van der Waals surface area (Å²) in [6, 6.07) is 6.46. The molecule has 0 aliphatic carbocycles. The zero-order valence-electron chi connectivity index (χ0n) is 21.0. The lowest BCUT2D eigenvalue weighted by Gasteiger charge is -2.27.